The number of aliphatic imine (C=N–C) groups is 4. The largest absolute Gasteiger partial charge is 0.370 e. The van der Waals surface area contributed by atoms with E-state index in [1.807, 2.05) is 0 Å². The summed E-state index contributed by atoms with van der Waals surface area (Å²) in [6, 6.07) is 0. The van der Waals surface area contributed by atoms with E-state index < -0.39 is 0 Å². The second-order valence-corrected chi connectivity index (χ2v) is 2.25. The lowest BCUT2D eigenvalue weighted by molar-refractivity contribution is 1.04. The van der Waals surface area contributed by atoms with Crippen molar-refractivity contribution in [2.45, 2.75) is 0 Å². The SMILES string of the molecule is NC(N)=NC(N)=NCN=C(N)N=C(N)N. The normalized spacial score (nSPS) is 12.0. The first kappa shape index (κ1) is 12.5. The topological polar surface area (TPSA) is 206 Å². The standard InChI is InChI=1S/C5H14N10/c6-2(7)14-4(10)12-1-13-5(11)15-3(8)9/h1H2,(H6,6,7,10,12,14)(H6,8,9,11,13,15). The Kier molecular flexibility index (Phi) is 5.00. The molecule has 15 heavy (non-hydrogen) atoms. The molecule has 0 aromatic rings. The summed E-state index contributed by atoms with van der Waals surface area (Å²) in [5.74, 6) is -0.623. The number of guanidine groups is 4. The fourth-order valence-electron chi connectivity index (χ4n) is 0.516. The van der Waals surface area contributed by atoms with Crippen LogP contribution in [0.2, 0.25) is 0 Å². The summed E-state index contributed by atoms with van der Waals surface area (Å²) in [7, 11) is 0. The predicted octanol–water partition coefficient (Wildman–Crippen LogP) is -3.88. The van der Waals surface area contributed by atoms with Crippen LogP contribution in [0.15, 0.2) is 20.0 Å². The molecule has 0 spiro atoms. The molecule has 0 rings (SSSR count). The third-order valence-electron chi connectivity index (χ3n) is 0.953. The van der Waals surface area contributed by atoms with Gasteiger partial charge in [-0.1, -0.05) is 0 Å². The van der Waals surface area contributed by atoms with Crippen LogP contribution in [-0.2, 0) is 0 Å². The average Bonchev–Trinajstić information content (AvgIpc) is 2.00. The van der Waals surface area contributed by atoms with Gasteiger partial charge in [0.15, 0.2) is 11.9 Å². The fourth-order valence-corrected chi connectivity index (χ4v) is 0.516. The smallest absolute Gasteiger partial charge is 0.220 e. The molecule has 84 valence electrons. The van der Waals surface area contributed by atoms with Gasteiger partial charge in [-0.25, -0.2) is 9.98 Å². The monoisotopic (exact) mass is 214 g/mol. The first-order chi connectivity index (χ1) is 6.91. The highest BCUT2D eigenvalue weighted by molar-refractivity contribution is 5.93. The third kappa shape index (κ3) is 7.83. The second kappa shape index (κ2) is 6.01. The molecule has 0 atom stereocenters. The molecule has 0 saturated carbocycles. The highest BCUT2D eigenvalue weighted by atomic mass is 15.2. The van der Waals surface area contributed by atoms with E-state index in [0.717, 1.165) is 0 Å². The molecule has 0 heterocycles. The van der Waals surface area contributed by atoms with Crippen molar-refractivity contribution in [2.75, 3.05) is 6.67 Å². The van der Waals surface area contributed by atoms with Gasteiger partial charge >= 0.3 is 0 Å². The first-order valence-corrected chi connectivity index (χ1v) is 3.71. The van der Waals surface area contributed by atoms with Crippen LogP contribution in [0.4, 0.5) is 0 Å². The number of hydrogen-bond donors (Lipinski definition) is 6. The molecule has 0 aliphatic heterocycles. The van der Waals surface area contributed by atoms with Crippen molar-refractivity contribution in [1.82, 2.24) is 0 Å². The quantitative estimate of drug-likeness (QED) is 0.200. The van der Waals surface area contributed by atoms with Gasteiger partial charge < -0.3 is 34.4 Å². The molecular weight excluding hydrogens is 200 g/mol. The summed E-state index contributed by atoms with van der Waals surface area (Å²) in [5.41, 5.74) is 30.7. The highest BCUT2D eigenvalue weighted by Crippen LogP contribution is 1.78. The average molecular weight is 214 g/mol. The Bertz CT molecular complexity index is 283. The zero-order valence-corrected chi connectivity index (χ0v) is 7.96. The molecule has 0 aliphatic carbocycles. The van der Waals surface area contributed by atoms with E-state index in [1.54, 1.807) is 0 Å². The summed E-state index contributed by atoms with van der Waals surface area (Å²) < 4.78 is 0. The maximum absolute atomic E-state index is 5.27. The second-order valence-electron chi connectivity index (χ2n) is 2.25. The molecule has 0 amide bonds. The lowest BCUT2D eigenvalue weighted by Gasteiger charge is -1.94. The van der Waals surface area contributed by atoms with Crippen molar-refractivity contribution in [3.8, 4) is 0 Å². The lowest BCUT2D eigenvalue weighted by Crippen LogP contribution is -2.27. The predicted molar refractivity (Wildman–Crippen MR) is 59.7 cm³/mol. The number of rotatable bonds is 2. The van der Waals surface area contributed by atoms with E-state index in [9.17, 15) is 0 Å². The molecule has 0 aromatic carbocycles. The number of nitrogens with two attached hydrogens (primary N) is 6. The van der Waals surface area contributed by atoms with Gasteiger partial charge in [0, 0.05) is 0 Å². The number of hydrogen-bond acceptors (Lipinski definition) is 2. The van der Waals surface area contributed by atoms with E-state index >= 15 is 0 Å². The van der Waals surface area contributed by atoms with E-state index in [4.69, 9.17) is 34.4 Å². The Morgan fingerprint density at radius 3 is 1.27 bits per heavy atom. The molecule has 0 unspecified atom stereocenters. The van der Waals surface area contributed by atoms with Gasteiger partial charge in [-0.2, -0.15) is 9.98 Å². The third-order valence-corrected chi connectivity index (χ3v) is 0.953. The molecule has 0 aromatic heterocycles. The van der Waals surface area contributed by atoms with E-state index in [-0.39, 0.29) is 30.5 Å². The molecule has 0 fully saturated rings. The van der Waals surface area contributed by atoms with E-state index in [0.29, 0.717) is 0 Å². The van der Waals surface area contributed by atoms with Gasteiger partial charge in [-0.05, 0) is 0 Å². The van der Waals surface area contributed by atoms with Crippen LogP contribution in [0.5, 0.6) is 0 Å². The minimum atomic E-state index is -0.197. The molecule has 10 heteroatoms. The molecule has 10 nitrogen and oxygen atoms in total. The molecule has 0 bridgehead atoms. The molecule has 0 aliphatic rings. The van der Waals surface area contributed by atoms with Gasteiger partial charge in [0.25, 0.3) is 0 Å². The van der Waals surface area contributed by atoms with Crippen molar-refractivity contribution in [2.24, 2.45) is 54.4 Å². The fraction of sp³-hybridized carbons (Fsp3) is 0.200. The summed E-state index contributed by atoms with van der Waals surface area (Å²) in [6.45, 7) is -0.0781. The highest BCUT2D eigenvalue weighted by Gasteiger charge is 1.89. The summed E-state index contributed by atoms with van der Waals surface area (Å²) in [4.78, 5) is 14.2. The van der Waals surface area contributed by atoms with Crippen LogP contribution >= 0.6 is 0 Å². The maximum Gasteiger partial charge on any atom is 0.220 e. The van der Waals surface area contributed by atoms with Crippen molar-refractivity contribution in [3.05, 3.63) is 0 Å². The molecule has 0 saturated heterocycles. The molecule has 12 N–H and O–H groups in total. The van der Waals surface area contributed by atoms with E-state index in [1.165, 1.54) is 0 Å². The Hall–Kier alpha value is -2.52. The summed E-state index contributed by atoms with van der Waals surface area (Å²) in [5, 5.41) is 0. The summed E-state index contributed by atoms with van der Waals surface area (Å²) in [6.07, 6.45) is 0. The summed E-state index contributed by atoms with van der Waals surface area (Å²) >= 11 is 0. The zero-order chi connectivity index (χ0) is 11.8. The first-order valence-electron chi connectivity index (χ1n) is 3.71. The molecular formula is C5H14N10. The molecule has 0 radical (unpaired) electrons. The van der Waals surface area contributed by atoms with Crippen LogP contribution in [0.25, 0.3) is 0 Å². The lowest BCUT2D eigenvalue weighted by atomic mass is 10.9. The van der Waals surface area contributed by atoms with Crippen molar-refractivity contribution in [1.29, 1.82) is 0 Å². The Balaban J connectivity index is 4.29. The van der Waals surface area contributed by atoms with Gasteiger partial charge in [-0.15, -0.1) is 0 Å². The van der Waals surface area contributed by atoms with Crippen LogP contribution in [0.3, 0.4) is 0 Å². The van der Waals surface area contributed by atoms with Crippen LogP contribution in [-0.4, -0.2) is 30.5 Å². The van der Waals surface area contributed by atoms with Crippen LogP contribution in [0.1, 0.15) is 0 Å². The zero-order valence-electron chi connectivity index (χ0n) is 7.96. The van der Waals surface area contributed by atoms with Gasteiger partial charge in [0.1, 0.15) is 6.67 Å². The van der Waals surface area contributed by atoms with E-state index in [2.05, 4.69) is 20.0 Å². The Morgan fingerprint density at radius 1 is 0.667 bits per heavy atom. The van der Waals surface area contributed by atoms with Crippen molar-refractivity contribution < 1.29 is 0 Å². The Morgan fingerprint density at radius 2 is 1.00 bits per heavy atom. The minimum Gasteiger partial charge on any atom is -0.370 e. The minimum absolute atomic E-state index is 0.0781. The Labute approximate surface area is 85.8 Å². The van der Waals surface area contributed by atoms with Gasteiger partial charge in [0.05, 0.1) is 0 Å². The van der Waals surface area contributed by atoms with Gasteiger partial charge in [0.2, 0.25) is 11.9 Å². The number of nitrogens with zero attached hydrogens (tertiary/aromatic N) is 4. The maximum atomic E-state index is 5.27. The van der Waals surface area contributed by atoms with Crippen molar-refractivity contribution >= 4 is 23.8 Å². The van der Waals surface area contributed by atoms with Crippen LogP contribution < -0.4 is 34.4 Å². The van der Waals surface area contributed by atoms with Crippen molar-refractivity contribution in [3.63, 3.8) is 0 Å². The van der Waals surface area contributed by atoms with Gasteiger partial charge in [-0.3, -0.25) is 0 Å². The van der Waals surface area contributed by atoms with Crippen LogP contribution in [0, 0.1) is 0 Å².